The number of hydrogen-bond acceptors (Lipinski definition) is 2. The second-order valence-corrected chi connectivity index (χ2v) is 5.87. The van der Waals surface area contributed by atoms with E-state index in [1.807, 2.05) is 14.1 Å². The third kappa shape index (κ3) is 2.68. The fourth-order valence-corrected chi connectivity index (χ4v) is 3.19. The summed E-state index contributed by atoms with van der Waals surface area (Å²) < 4.78 is 6.77. The van der Waals surface area contributed by atoms with Crippen LogP contribution in [0.2, 0.25) is 0 Å². The first-order valence-corrected chi connectivity index (χ1v) is 7.25. The predicted octanol–water partition coefficient (Wildman–Crippen LogP) is 4.22. The van der Waals surface area contributed by atoms with Gasteiger partial charge >= 0.3 is 0 Å². The van der Waals surface area contributed by atoms with Crippen molar-refractivity contribution in [2.75, 3.05) is 27.1 Å². The molecule has 1 aromatic carbocycles. The van der Waals surface area contributed by atoms with Gasteiger partial charge in [0.1, 0.15) is 5.75 Å². The van der Waals surface area contributed by atoms with Gasteiger partial charge < -0.3 is 9.64 Å². The standard InChI is InChI=1S/C14H21BrClNO/c1-8-9(2)14(18-6)12(10(3)13(8)15)11(7-16)17(4)5/h11H,7H2,1-6H3. The van der Waals surface area contributed by atoms with Crippen LogP contribution in [0.25, 0.3) is 0 Å². The first-order chi connectivity index (χ1) is 8.36. The molecule has 1 unspecified atom stereocenters. The summed E-state index contributed by atoms with van der Waals surface area (Å²) in [7, 11) is 5.80. The Labute approximate surface area is 123 Å². The highest BCUT2D eigenvalue weighted by molar-refractivity contribution is 9.10. The van der Waals surface area contributed by atoms with Crippen molar-refractivity contribution >= 4 is 27.5 Å². The van der Waals surface area contributed by atoms with Gasteiger partial charge in [0.05, 0.1) is 13.2 Å². The van der Waals surface area contributed by atoms with E-state index in [1.54, 1.807) is 7.11 Å². The van der Waals surface area contributed by atoms with Crippen LogP contribution in [0, 0.1) is 20.8 Å². The molecule has 0 aliphatic carbocycles. The molecule has 1 atom stereocenters. The van der Waals surface area contributed by atoms with Gasteiger partial charge in [0.25, 0.3) is 0 Å². The van der Waals surface area contributed by atoms with E-state index >= 15 is 0 Å². The Morgan fingerprint density at radius 2 is 1.72 bits per heavy atom. The van der Waals surface area contributed by atoms with Crippen molar-refractivity contribution in [3.05, 3.63) is 26.7 Å². The van der Waals surface area contributed by atoms with Crippen LogP contribution in [0.15, 0.2) is 4.47 Å². The topological polar surface area (TPSA) is 12.5 Å². The van der Waals surface area contributed by atoms with Crippen LogP contribution in [0.4, 0.5) is 0 Å². The van der Waals surface area contributed by atoms with Crippen LogP contribution in [0.1, 0.15) is 28.3 Å². The molecule has 4 heteroatoms. The molecule has 2 nitrogen and oxygen atoms in total. The molecule has 0 saturated carbocycles. The summed E-state index contributed by atoms with van der Waals surface area (Å²) in [6.45, 7) is 6.30. The average molecular weight is 335 g/mol. The monoisotopic (exact) mass is 333 g/mol. The van der Waals surface area contributed by atoms with Gasteiger partial charge in [-0.15, -0.1) is 11.6 Å². The summed E-state index contributed by atoms with van der Waals surface area (Å²) >= 11 is 9.80. The van der Waals surface area contributed by atoms with Crippen molar-refractivity contribution < 1.29 is 4.74 Å². The van der Waals surface area contributed by atoms with Crippen molar-refractivity contribution in [3.8, 4) is 5.75 Å². The molecule has 18 heavy (non-hydrogen) atoms. The Bertz CT molecular complexity index is 446. The number of nitrogens with zero attached hydrogens (tertiary/aromatic N) is 1. The fraction of sp³-hybridized carbons (Fsp3) is 0.571. The maximum atomic E-state index is 6.13. The minimum Gasteiger partial charge on any atom is -0.496 e. The van der Waals surface area contributed by atoms with Crippen LogP contribution >= 0.6 is 27.5 Å². The van der Waals surface area contributed by atoms with Gasteiger partial charge in [-0.05, 0) is 51.6 Å². The molecule has 0 radical (unpaired) electrons. The van der Waals surface area contributed by atoms with E-state index in [2.05, 4.69) is 41.6 Å². The van der Waals surface area contributed by atoms with Gasteiger partial charge in [-0.3, -0.25) is 0 Å². The third-order valence-corrected chi connectivity index (χ3v) is 5.00. The maximum absolute atomic E-state index is 6.13. The molecule has 0 amide bonds. The number of alkyl halides is 1. The summed E-state index contributed by atoms with van der Waals surface area (Å²) in [6, 6.07) is 0.150. The van der Waals surface area contributed by atoms with Gasteiger partial charge in [0.15, 0.2) is 0 Å². The Morgan fingerprint density at radius 1 is 1.17 bits per heavy atom. The second-order valence-electron chi connectivity index (χ2n) is 4.77. The zero-order valence-corrected chi connectivity index (χ0v) is 14.2. The van der Waals surface area contributed by atoms with E-state index in [0.29, 0.717) is 5.88 Å². The smallest absolute Gasteiger partial charge is 0.127 e. The molecule has 0 N–H and O–H groups in total. The summed E-state index contributed by atoms with van der Waals surface area (Å²) in [4.78, 5) is 2.12. The molecular formula is C14H21BrClNO. The van der Waals surface area contributed by atoms with Gasteiger partial charge in [0, 0.05) is 15.9 Å². The van der Waals surface area contributed by atoms with Crippen LogP contribution < -0.4 is 4.74 Å². The van der Waals surface area contributed by atoms with Gasteiger partial charge in [0.2, 0.25) is 0 Å². The Hall–Kier alpha value is -0.250. The molecular weight excluding hydrogens is 314 g/mol. The van der Waals surface area contributed by atoms with Crippen LogP contribution in [0.5, 0.6) is 5.75 Å². The molecule has 0 bridgehead atoms. The molecule has 0 aliphatic rings. The number of methoxy groups -OCH3 is 1. The van der Waals surface area contributed by atoms with Gasteiger partial charge in [-0.1, -0.05) is 15.9 Å². The maximum Gasteiger partial charge on any atom is 0.127 e. The molecule has 0 saturated heterocycles. The zero-order chi connectivity index (χ0) is 14.0. The molecule has 0 aromatic heterocycles. The predicted molar refractivity (Wildman–Crippen MR) is 82.1 cm³/mol. The lowest BCUT2D eigenvalue weighted by atomic mass is 9.94. The Balaban J connectivity index is 3.60. The summed E-state index contributed by atoms with van der Waals surface area (Å²) in [6.07, 6.45) is 0. The SMILES string of the molecule is COc1c(C)c(C)c(Br)c(C)c1C(CCl)N(C)C. The van der Waals surface area contributed by atoms with Crippen molar-refractivity contribution in [2.45, 2.75) is 26.8 Å². The Kier molecular flexibility index (Phi) is 5.50. The third-order valence-electron chi connectivity index (χ3n) is 3.52. The average Bonchev–Trinajstić information content (AvgIpc) is 2.33. The lowest BCUT2D eigenvalue weighted by molar-refractivity contribution is 0.309. The molecule has 0 spiro atoms. The molecule has 0 aliphatic heterocycles. The van der Waals surface area contributed by atoms with Crippen molar-refractivity contribution in [1.29, 1.82) is 0 Å². The number of benzene rings is 1. The number of halogens is 2. The van der Waals surface area contributed by atoms with E-state index < -0.39 is 0 Å². The fourth-order valence-electron chi connectivity index (χ4n) is 2.24. The normalized spacial score (nSPS) is 12.9. The summed E-state index contributed by atoms with van der Waals surface area (Å²) in [5, 5.41) is 0. The largest absolute Gasteiger partial charge is 0.496 e. The quantitative estimate of drug-likeness (QED) is 0.764. The first kappa shape index (κ1) is 15.8. The first-order valence-electron chi connectivity index (χ1n) is 5.92. The number of hydrogen-bond donors (Lipinski definition) is 0. The highest BCUT2D eigenvalue weighted by atomic mass is 79.9. The van der Waals surface area contributed by atoms with Gasteiger partial charge in [-0.25, -0.2) is 0 Å². The molecule has 1 rings (SSSR count). The van der Waals surface area contributed by atoms with Gasteiger partial charge in [-0.2, -0.15) is 0 Å². The van der Waals surface area contributed by atoms with E-state index in [4.69, 9.17) is 16.3 Å². The van der Waals surface area contributed by atoms with Crippen molar-refractivity contribution in [1.82, 2.24) is 4.90 Å². The van der Waals surface area contributed by atoms with Crippen molar-refractivity contribution in [3.63, 3.8) is 0 Å². The summed E-state index contributed by atoms with van der Waals surface area (Å²) in [5.41, 5.74) is 4.77. The van der Waals surface area contributed by atoms with Crippen LogP contribution in [0.3, 0.4) is 0 Å². The van der Waals surface area contributed by atoms with E-state index in [0.717, 1.165) is 10.2 Å². The van der Waals surface area contributed by atoms with Crippen LogP contribution in [-0.2, 0) is 0 Å². The van der Waals surface area contributed by atoms with E-state index in [1.165, 1.54) is 22.3 Å². The minimum atomic E-state index is 0.150. The van der Waals surface area contributed by atoms with Crippen molar-refractivity contribution in [2.24, 2.45) is 0 Å². The number of rotatable bonds is 4. The minimum absolute atomic E-state index is 0.150. The van der Waals surface area contributed by atoms with Crippen LogP contribution in [-0.4, -0.2) is 32.0 Å². The second kappa shape index (κ2) is 6.27. The molecule has 0 fully saturated rings. The van der Waals surface area contributed by atoms with E-state index in [-0.39, 0.29) is 6.04 Å². The molecule has 102 valence electrons. The Morgan fingerprint density at radius 3 is 2.11 bits per heavy atom. The van der Waals surface area contributed by atoms with E-state index in [9.17, 15) is 0 Å². The highest BCUT2D eigenvalue weighted by Gasteiger charge is 2.24. The molecule has 1 aromatic rings. The summed E-state index contributed by atoms with van der Waals surface area (Å²) in [5.74, 6) is 1.49. The zero-order valence-electron chi connectivity index (χ0n) is 11.9. The lowest BCUT2D eigenvalue weighted by Gasteiger charge is -2.28. The highest BCUT2D eigenvalue weighted by Crippen LogP contribution is 2.40. The lowest BCUT2D eigenvalue weighted by Crippen LogP contribution is -2.23. The number of ether oxygens (including phenoxy) is 1. The molecule has 0 heterocycles.